The highest BCUT2D eigenvalue weighted by atomic mass is 32.1. The molecule has 5 aliphatic rings. The van der Waals surface area contributed by atoms with E-state index in [1.54, 1.807) is 38.4 Å². The number of aryl methyl sites for hydroxylation is 1. The standard InChI is InChI=1S/C67H103N5O14S/c1-12-66(8,9)84-37-50-56(78)57(79)58(80)64(85-50)86-59-54-47(31-51(74)67(54,10)32-48-44(36-83-11)28-29-46(48)40(3)55(59)77)39(2)33-68-52(75)22-20-18-16-14-13-15-17-19-21-23-53(76)71-61(65(5,6)7)63(82)72-35-45(73)30-49(72)62(81)69-34-42-24-26-43(27-25-42)60-41(4)70-38-87-60/h12,24-27,32,38-40,44-46,49-51,55-59,61,64,73-74,77-80H,1,13-23,28-31,33-37H2,2-11H3,(H,68,75)(H,69,81)(H,71,76)/b48-32-/t39-,40-,44-,45-,46+,49+,50-,51+,55-,56-,57+,58-,59-,61-,64-,67+/m1/s1. The molecule has 2 aliphatic heterocycles. The van der Waals surface area contributed by atoms with E-state index >= 15 is 0 Å². The van der Waals surface area contributed by atoms with Crippen molar-refractivity contribution in [1.29, 1.82) is 0 Å². The molecule has 19 nitrogen and oxygen atoms in total. The Morgan fingerprint density at radius 1 is 0.874 bits per heavy atom. The Morgan fingerprint density at radius 2 is 1.52 bits per heavy atom. The number of carbonyl (C=O) groups is 4. The number of nitrogens with one attached hydrogen (secondary N) is 3. The summed E-state index contributed by atoms with van der Waals surface area (Å²) in [5.41, 5.74) is 4.91. The Morgan fingerprint density at radius 3 is 2.13 bits per heavy atom. The molecule has 0 unspecified atom stereocenters. The second-order valence-electron chi connectivity index (χ2n) is 27.3. The Balaban J connectivity index is 0.842. The zero-order chi connectivity index (χ0) is 63.5. The van der Waals surface area contributed by atoms with Gasteiger partial charge in [0.2, 0.25) is 23.6 Å². The molecule has 3 fully saturated rings. The SMILES string of the molecule is C=CC(C)(C)OC[C@H]1O[C@H](O[C@@H]2C3=C([C@H](C)CNC(=O)CCCCCCCCCCCC(=O)N[C@H](C(=O)N4C[C@H](O)C[C@H]4C(=O)NCc4ccc(-c5scnc5C)cc4)C(C)(C)C)C[C@H](O)[C@]3(C)/C=C3/[C@@H](COC)CC[C@H]3[C@@H](C)[C@H]2O)[C@H](O)[C@@H](O)[C@@H]1O. The van der Waals surface area contributed by atoms with Crippen molar-refractivity contribution in [2.24, 2.45) is 34.5 Å². The number of unbranched alkanes of at least 4 members (excludes halogenated alkanes) is 8. The Hall–Kier alpha value is -4.45. The van der Waals surface area contributed by atoms with E-state index in [1.807, 2.05) is 78.2 Å². The van der Waals surface area contributed by atoms with Crippen LogP contribution in [0.5, 0.6) is 0 Å². The average molecular weight is 1230 g/mol. The van der Waals surface area contributed by atoms with E-state index in [2.05, 4.69) is 33.6 Å². The molecule has 1 aromatic carbocycles. The third-order valence-electron chi connectivity index (χ3n) is 19.1. The first kappa shape index (κ1) is 70.0. The van der Waals surface area contributed by atoms with E-state index in [1.165, 1.54) is 4.90 Å². The normalized spacial score (nSPS) is 30.6. The molecule has 0 bridgehead atoms. The van der Waals surface area contributed by atoms with Crippen LogP contribution in [0.1, 0.15) is 163 Å². The maximum atomic E-state index is 14.1. The smallest absolute Gasteiger partial charge is 0.246 e. The van der Waals surface area contributed by atoms with Crippen LogP contribution in [0.3, 0.4) is 0 Å². The summed E-state index contributed by atoms with van der Waals surface area (Å²) in [6.45, 7) is 21.9. The summed E-state index contributed by atoms with van der Waals surface area (Å²) in [6.07, 6.45) is 3.26. The number of aromatic nitrogens is 1. The van der Waals surface area contributed by atoms with Gasteiger partial charge in [0, 0.05) is 57.3 Å². The molecule has 2 aromatic rings. The lowest BCUT2D eigenvalue weighted by Gasteiger charge is -2.46. The number of β-amino-alcohol motifs (C(OH)–C–C–N with tert-alkyl or cyclic N) is 1. The zero-order valence-electron chi connectivity index (χ0n) is 53.3. The number of rotatable bonds is 29. The lowest BCUT2D eigenvalue weighted by molar-refractivity contribution is -0.319. The number of benzene rings is 1. The molecule has 9 N–H and O–H groups in total. The topological polar surface area (TPSA) is 279 Å². The van der Waals surface area contributed by atoms with Gasteiger partial charge in [-0.15, -0.1) is 17.9 Å². The number of nitrogens with zero attached hydrogens (tertiary/aromatic N) is 2. The highest BCUT2D eigenvalue weighted by molar-refractivity contribution is 7.13. The fraction of sp³-hybridized carbons (Fsp3) is 0.716. The molecule has 3 heterocycles. The van der Waals surface area contributed by atoms with Crippen LogP contribution in [0.2, 0.25) is 0 Å². The number of aliphatic hydroxyl groups is 6. The summed E-state index contributed by atoms with van der Waals surface area (Å²) in [6, 6.07) is 6.16. The van der Waals surface area contributed by atoms with Crippen molar-refractivity contribution < 1.29 is 68.8 Å². The van der Waals surface area contributed by atoms with Crippen LogP contribution in [-0.2, 0) is 44.7 Å². The fourth-order valence-electron chi connectivity index (χ4n) is 13.5. The summed E-state index contributed by atoms with van der Waals surface area (Å²) < 4.78 is 24.5. The third-order valence-corrected chi connectivity index (χ3v) is 20.1. The summed E-state index contributed by atoms with van der Waals surface area (Å²) in [4.78, 5) is 61.2. The Kier molecular flexibility index (Phi) is 25.0. The first-order valence-corrected chi connectivity index (χ1v) is 32.8. The van der Waals surface area contributed by atoms with Gasteiger partial charge in [0.05, 0.1) is 53.2 Å². The van der Waals surface area contributed by atoms with Crippen LogP contribution in [0.4, 0.5) is 0 Å². The van der Waals surface area contributed by atoms with Gasteiger partial charge in [-0.3, -0.25) is 19.2 Å². The second-order valence-corrected chi connectivity index (χ2v) is 28.1. The van der Waals surface area contributed by atoms with Crippen molar-refractivity contribution in [2.75, 3.05) is 33.4 Å². The van der Waals surface area contributed by atoms with Gasteiger partial charge >= 0.3 is 0 Å². The van der Waals surface area contributed by atoms with Gasteiger partial charge in [-0.2, -0.15) is 0 Å². The van der Waals surface area contributed by atoms with Crippen LogP contribution in [0.25, 0.3) is 10.4 Å². The lowest BCUT2D eigenvalue weighted by Crippen LogP contribution is -2.61. The number of thiazole rings is 1. The lowest BCUT2D eigenvalue weighted by atomic mass is 9.68. The molecule has 3 aliphatic carbocycles. The molecule has 0 radical (unpaired) electrons. The molecule has 1 aromatic heterocycles. The number of amides is 4. The molecule has 486 valence electrons. The molecule has 87 heavy (non-hydrogen) atoms. The number of aliphatic hydroxyl groups excluding tert-OH is 6. The number of methoxy groups -OCH3 is 1. The van der Waals surface area contributed by atoms with Crippen LogP contribution in [0.15, 0.2) is 65.2 Å². The van der Waals surface area contributed by atoms with Crippen molar-refractivity contribution in [1.82, 2.24) is 25.8 Å². The van der Waals surface area contributed by atoms with Gasteiger partial charge < -0.3 is 70.4 Å². The third kappa shape index (κ3) is 17.5. The highest BCUT2D eigenvalue weighted by Crippen LogP contribution is 2.56. The number of fused-ring (bicyclic) bond motifs is 2. The van der Waals surface area contributed by atoms with Crippen molar-refractivity contribution in [3.05, 3.63) is 76.5 Å². The summed E-state index contributed by atoms with van der Waals surface area (Å²) in [7, 11) is 1.68. The summed E-state index contributed by atoms with van der Waals surface area (Å²) >= 11 is 1.57. The van der Waals surface area contributed by atoms with Crippen LogP contribution in [0, 0.1) is 41.4 Å². The van der Waals surface area contributed by atoms with E-state index in [-0.39, 0.29) is 92.8 Å². The van der Waals surface area contributed by atoms with Gasteiger partial charge in [0.1, 0.15) is 42.6 Å². The monoisotopic (exact) mass is 1230 g/mol. The first-order valence-electron chi connectivity index (χ1n) is 31.9. The summed E-state index contributed by atoms with van der Waals surface area (Å²) in [5.74, 6) is -1.57. The minimum atomic E-state index is -1.68. The first-order chi connectivity index (χ1) is 41.2. The van der Waals surface area contributed by atoms with Gasteiger partial charge in [-0.25, -0.2) is 4.98 Å². The second kappa shape index (κ2) is 31.0. The number of hydrogen-bond acceptors (Lipinski definition) is 16. The maximum Gasteiger partial charge on any atom is 0.246 e. The molecule has 20 heteroatoms. The molecule has 4 amide bonds. The van der Waals surface area contributed by atoms with Crippen molar-refractivity contribution in [3.8, 4) is 10.4 Å². The molecule has 16 atom stereocenters. The van der Waals surface area contributed by atoms with Crippen LogP contribution >= 0.6 is 11.3 Å². The predicted molar refractivity (Wildman–Crippen MR) is 333 cm³/mol. The van der Waals surface area contributed by atoms with E-state index < -0.39 is 83.6 Å². The number of hydrogen-bond donors (Lipinski definition) is 9. The van der Waals surface area contributed by atoms with Crippen molar-refractivity contribution in [3.63, 3.8) is 0 Å². The number of ether oxygens (including phenoxy) is 4. The molecule has 2 saturated heterocycles. The zero-order valence-corrected chi connectivity index (χ0v) is 54.1. The largest absolute Gasteiger partial charge is 0.392 e. The van der Waals surface area contributed by atoms with Crippen molar-refractivity contribution >= 4 is 35.0 Å². The molecular weight excluding hydrogens is 1130 g/mol. The minimum Gasteiger partial charge on any atom is -0.392 e. The van der Waals surface area contributed by atoms with Gasteiger partial charge in [-0.1, -0.05) is 127 Å². The number of carbonyl (C=O) groups excluding carboxylic acids is 4. The van der Waals surface area contributed by atoms with Gasteiger partial charge in [-0.05, 0) is 99.7 Å². The van der Waals surface area contributed by atoms with Crippen LogP contribution in [-0.4, -0.2) is 170 Å². The fourth-order valence-corrected chi connectivity index (χ4v) is 14.3. The minimum absolute atomic E-state index is 0.00878. The average Bonchev–Trinajstić information content (AvgIpc) is 1.62. The van der Waals surface area contributed by atoms with Gasteiger partial charge in [0.15, 0.2) is 6.29 Å². The summed E-state index contributed by atoms with van der Waals surface area (Å²) in [5, 5.41) is 77.9. The van der Waals surface area contributed by atoms with Gasteiger partial charge in [0.25, 0.3) is 0 Å². The predicted octanol–water partition coefficient (Wildman–Crippen LogP) is 7.12. The molecular formula is C67H103N5O14S. The maximum absolute atomic E-state index is 14.1. The molecule has 1 saturated carbocycles. The van der Waals surface area contributed by atoms with Crippen LogP contribution < -0.4 is 16.0 Å². The Labute approximate surface area is 520 Å². The molecule has 7 rings (SSSR count). The van der Waals surface area contributed by atoms with E-state index in [4.69, 9.17) is 18.9 Å². The Bertz CT molecular complexity index is 2690. The van der Waals surface area contributed by atoms with E-state index in [0.29, 0.717) is 25.0 Å². The van der Waals surface area contributed by atoms with Crippen molar-refractivity contribution in [2.45, 2.75) is 238 Å². The molecule has 0 spiro atoms. The number of likely N-dealkylation sites (tertiary alicyclic amines) is 1. The van der Waals surface area contributed by atoms with E-state index in [9.17, 15) is 49.8 Å². The highest BCUT2D eigenvalue weighted by Gasteiger charge is 2.56. The van der Waals surface area contributed by atoms with E-state index in [0.717, 1.165) is 97.1 Å². The quantitative estimate of drug-likeness (QED) is 0.0290.